The summed E-state index contributed by atoms with van der Waals surface area (Å²) >= 11 is 0. The van der Waals surface area contributed by atoms with Gasteiger partial charge in [0.15, 0.2) is 0 Å². The first-order valence-corrected chi connectivity index (χ1v) is 9.43. The summed E-state index contributed by atoms with van der Waals surface area (Å²) in [4.78, 5) is 23.8. The Hall–Kier alpha value is -2.95. The number of hydrogen-bond acceptors (Lipinski definition) is 4. The molecule has 138 valence electrons. The Bertz CT molecular complexity index is 920. The molecule has 1 atom stereocenters. The second-order valence-corrected chi connectivity index (χ2v) is 7.01. The van der Waals surface area contributed by atoms with Gasteiger partial charge in [-0.25, -0.2) is 4.98 Å². The fraction of sp³-hybridized carbons (Fsp3) is 0.318. The van der Waals surface area contributed by atoms with Gasteiger partial charge in [0, 0.05) is 19.2 Å². The van der Waals surface area contributed by atoms with Crippen molar-refractivity contribution in [2.75, 3.05) is 6.54 Å². The quantitative estimate of drug-likeness (QED) is 0.694. The lowest BCUT2D eigenvalue weighted by Gasteiger charge is -2.33. The molecule has 1 aliphatic heterocycles. The molecule has 0 radical (unpaired) electrons. The van der Waals surface area contributed by atoms with E-state index >= 15 is 0 Å². The smallest absolute Gasteiger partial charge is 0.273 e. The average molecular weight is 361 g/mol. The average Bonchev–Trinajstić information content (AvgIpc) is 3.17. The number of hydrogen-bond donors (Lipinski definition) is 0. The molecular formula is C22H23N3O2. The van der Waals surface area contributed by atoms with Gasteiger partial charge < -0.3 is 9.32 Å². The number of carbonyl (C=O) groups excluding carboxylic acids is 1. The van der Waals surface area contributed by atoms with E-state index in [1.807, 2.05) is 42.2 Å². The third-order valence-corrected chi connectivity index (χ3v) is 5.05. The maximum Gasteiger partial charge on any atom is 0.273 e. The Labute approximate surface area is 159 Å². The normalized spacial score (nSPS) is 17.1. The molecule has 1 saturated heterocycles. The van der Waals surface area contributed by atoms with Gasteiger partial charge in [-0.2, -0.15) is 0 Å². The molecule has 3 heterocycles. The summed E-state index contributed by atoms with van der Waals surface area (Å²) < 4.78 is 6.05. The first kappa shape index (κ1) is 17.5. The van der Waals surface area contributed by atoms with E-state index < -0.39 is 0 Å². The molecule has 0 unspecified atom stereocenters. The standard InChI is InChI=1S/C22H23N3O2/c1-16-8-7-12-23-20(16)22(26)25-13-6-5-11-19(25)21-24-15-18(27-21)14-17-9-3-2-4-10-17/h2-4,7-10,12,15,19H,5-6,11,13-14H2,1H3/t19-/m0/s1. The largest absolute Gasteiger partial charge is 0.443 e. The van der Waals surface area contributed by atoms with Crippen molar-refractivity contribution in [2.45, 2.75) is 38.6 Å². The van der Waals surface area contributed by atoms with Gasteiger partial charge in [0.2, 0.25) is 5.89 Å². The van der Waals surface area contributed by atoms with Gasteiger partial charge in [0.05, 0.1) is 6.20 Å². The minimum atomic E-state index is -0.128. The number of aryl methyl sites for hydroxylation is 1. The molecule has 4 rings (SSSR count). The third-order valence-electron chi connectivity index (χ3n) is 5.05. The molecular weight excluding hydrogens is 338 g/mol. The van der Waals surface area contributed by atoms with Crippen LogP contribution in [0.3, 0.4) is 0 Å². The molecule has 1 amide bonds. The first-order chi connectivity index (χ1) is 13.2. The lowest BCUT2D eigenvalue weighted by molar-refractivity contribution is 0.0563. The van der Waals surface area contributed by atoms with Gasteiger partial charge >= 0.3 is 0 Å². The number of rotatable bonds is 4. The number of likely N-dealkylation sites (tertiary alicyclic amines) is 1. The fourth-order valence-electron chi connectivity index (χ4n) is 3.63. The summed E-state index contributed by atoms with van der Waals surface area (Å²) in [6.45, 7) is 2.62. The molecule has 0 aliphatic carbocycles. The fourth-order valence-corrected chi connectivity index (χ4v) is 3.63. The molecule has 5 nitrogen and oxygen atoms in total. The second kappa shape index (κ2) is 7.74. The Morgan fingerprint density at radius 2 is 2.00 bits per heavy atom. The van der Waals surface area contributed by atoms with E-state index in [1.165, 1.54) is 5.56 Å². The zero-order valence-corrected chi connectivity index (χ0v) is 15.5. The van der Waals surface area contributed by atoms with E-state index in [1.54, 1.807) is 12.4 Å². The van der Waals surface area contributed by atoms with Crippen LogP contribution < -0.4 is 0 Å². The monoisotopic (exact) mass is 361 g/mol. The van der Waals surface area contributed by atoms with E-state index in [0.29, 0.717) is 24.6 Å². The molecule has 0 bridgehead atoms. The van der Waals surface area contributed by atoms with Crippen molar-refractivity contribution in [3.05, 3.63) is 83.3 Å². The van der Waals surface area contributed by atoms with Crippen molar-refractivity contribution < 1.29 is 9.21 Å². The lowest BCUT2D eigenvalue weighted by atomic mass is 10.0. The van der Waals surface area contributed by atoms with Gasteiger partial charge in [-0.05, 0) is 43.4 Å². The van der Waals surface area contributed by atoms with Crippen LogP contribution in [-0.2, 0) is 6.42 Å². The van der Waals surface area contributed by atoms with E-state index in [9.17, 15) is 4.79 Å². The summed E-state index contributed by atoms with van der Waals surface area (Å²) in [6, 6.07) is 13.8. The van der Waals surface area contributed by atoms with Gasteiger partial charge in [0.1, 0.15) is 17.5 Å². The predicted octanol–water partition coefficient (Wildman–Crippen LogP) is 4.34. The minimum absolute atomic E-state index is 0.0411. The van der Waals surface area contributed by atoms with Gasteiger partial charge in [-0.15, -0.1) is 0 Å². The highest BCUT2D eigenvalue weighted by Gasteiger charge is 2.33. The van der Waals surface area contributed by atoms with Crippen LogP contribution in [0.4, 0.5) is 0 Å². The van der Waals surface area contributed by atoms with E-state index in [4.69, 9.17) is 4.42 Å². The van der Waals surface area contributed by atoms with Crippen LogP contribution in [0.25, 0.3) is 0 Å². The Morgan fingerprint density at radius 3 is 2.81 bits per heavy atom. The van der Waals surface area contributed by atoms with E-state index in [-0.39, 0.29) is 11.9 Å². The predicted molar refractivity (Wildman–Crippen MR) is 102 cm³/mol. The van der Waals surface area contributed by atoms with Crippen molar-refractivity contribution in [1.82, 2.24) is 14.9 Å². The zero-order chi connectivity index (χ0) is 18.6. The van der Waals surface area contributed by atoms with Crippen molar-refractivity contribution in [1.29, 1.82) is 0 Å². The zero-order valence-electron chi connectivity index (χ0n) is 15.5. The number of carbonyl (C=O) groups is 1. The number of nitrogens with zero attached hydrogens (tertiary/aromatic N) is 3. The molecule has 0 spiro atoms. The molecule has 3 aromatic rings. The van der Waals surface area contributed by atoms with Crippen molar-refractivity contribution >= 4 is 5.91 Å². The summed E-state index contributed by atoms with van der Waals surface area (Å²) in [5.41, 5.74) is 2.59. The summed E-state index contributed by atoms with van der Waals surface area (Å²) in [5.74, 6) is 1.41. The van der Waals surface area contributed by atoms with Crippen molar-refractivity contribution in [2.24, 2.45) is 0 Å². The summed E-state index contributed by atoms with van der Waals surface area (Å²) in [7, 11) is 0. The van der Waals surface area contributed by atoms with Crippen LogP contribution in [0.1, 0.15) is 58.6 Å². The highest BCUT2D eigenvalue weighted by molar-refractivity contribution is 5.93. The van der Waals surface area contributed by atoms with Gasteiger partial charge in [-0.1, -0.05) is 36.4 Å². The van der Waals surface area contributed by atoms with Crippen LogP contribution in [0.15, 0.2) is 59.3 Å². The molecule has 5 heteroatoms. The number of aromatic nitrogens is 2. The lowest BCUT2D eigenvalue weighted by Crippen LogP contribution is -2.39. The summed E-state index contributed by atoms with van der Waals surface area (Å²) in [6.07, 6.45) is 7.07. The third kappa shape index (κ3) is 3.77. The maximum atomic E-state index is 13.1. The molecule has 2 aromatic heterocycles. The van der Waals surface area contributed by atoms with Crippen LogP contribution in [-0.4, -0.2) is 27.3 Å². The maximum absolute atomic E-state index is 13.1. The van der Waals surface area contributed by atoms with Crippen LogP contribution in [0.5, 0.6) is 0 Å². The Morgan fingerprint density at radius 1 is 1.15 bits per heavy atom. The van der Waals surface area contributed by atoms with Crippen LogP contribution >= 0.6 is 0 Å². The second-order valence-electron chi connectivity index (χ2n) is 7.01. The molecule has 1 fully saturated rings. The molecule has 0 N–H and O–H groups in total. The number of piperidine rings is 1. The van der Waals surface area contributed by atoms with Crippen LogP contribution in [0, 0.1) is 6.92 Å². The summed E-state index contributed by atoms with van der Waals surface area (Å²) in [5, 5.41) is 0. The minimum Gasteiger partial charge on any atom is -0.443 e. The molecule has 27 heavy (non-hydrogen) atoms. The van der Waals surface area contributed by atoms with E-state index in [0.717, 1.165) is 30.6 Å². The van der Waals surface area contributed by atoms with Gasteiger partial charge in [-0.3, -0.25) is 9.78 Å². The Balaban J connectivity index is 1.56. The van der Waals surface area contributed by atoms with Crippen LogP contribution in [0.2, 0.25) is 0 Å². The number of benzene rings is 1. The molecule has 1 aromatic carbocycles. The SMILES string of the molecule is Cc1cccnc1C(=O)N1CCCC[C@H]1c1ncc(Cc2ccccc2)o1. The molecule has 1 aliphatic rings. The first-order valence-electron chi connectivity index (χ1n) is 9.43. The number of amides is 1. The number of oxazole rings is 1. The highest BCUT2D eigenvalue weighted by atomic mass is 16.4. The Kier molecular flexibility index (Phi) is 5.01. The van der Waals surface area contributed by atoms with Crippen molar-refractivity contribution in [3.8, 4) is 0 Å². The highest BCUT2D eigenvalue weighted by Crippen LogP contribution is 2.32. The molecule has 0 saturated carbocycles. The van der Waals surface area contributed by atoms with Gasteiger partial charge in [0.25, 0.3) is 5.91 Å². The van der Waals surface area contributed by atoms with E-state index in [2.05, 4.69) is 22.1 Å². The number of pyridine rings is 1. The van der Waals surface area contributed by atoms with Crippen molar-refractivity contribution in [3.63, 3.8) is 0 Å². The topological polar surface area (TPSA) is 59.2 Å².